The lowest BCUT2D eigenvalue weighted by molar-refractivity contribution is -0.254. The van der Waals surface area contributed by atoms with Gasteiger partial charge >= 0.3 is 6.18 Å². The molecule has 1 aromatic carbocycles. The average molecular weight is 333 g/mol. The van der Waals surface area contributed by atoms with Crippen molar-refractivity contribution in [2.24, 2.45) is 0 Å². The van der Waals surface area contributed by atoms with Crippen LogP contribution in [-0.4, -0.2) is 16.9 Å². The van der Waals surface area contributed by atoms with E-state index in [-0.39, 0.29) is 28.0 Å². The number of nitrogens with one attached hydrogen (secondary N) is 1. The molecule has 5 nitrogen and oxygen atoms in total. The Hall–Kier alpha value is -2.13. The molecule has 0 fully saturated rings. The largest absolute Gasteiger partial charge is 0.544 e. The van der Waals surface area contributed by atoms with Gasteiger partial charge in [-0.05, 0) is 30.6 Å². The van der Waals surface area contributed by atoms with Crippen molar-refractivity contribution >= 4 is 23.2 Å². The van der Waals surface area contributed by atoms with Crippen LogP contribution in [0.1, 0.15) is 22.2 Å². The maximum absolute atomic E-state index is 12.7. The van der Waals surface area contributed by atoms with Gasteiger partial charge < -0.3 is 21.4 Å². The average Bonchev–Trinajstić information content (AvgIpc) is 2.82. The molecule has 0 radical (unpaired) electrons. The smallest absolute Gasteiger partial charge is 0.416 e. The molecule has 0 aliphatic rings. The van der Waals surface area contributed by atoms with Gasteiger partial charge in [0.1, 0.15) is 5.69 Å². The third kappa shape index (κ3) is 3.55. The van der Waals surface area contributed by atoms with E-state index in [0.29, 0.717) is 18.1 Å². The van der Waals surface area contributed by atoms with E-state index in [4.69, 9.17) is 0 Å². The van der Waals surface area contributed by atoms with Gasteiger partial charge in [0.15, 0.2) is 0 Å². The number of carbonyl (C=O) groups is 1. The van der Waals surface area contributed by atoms with Crippen LogP contribution in [0.4, 0.5) is 18.9 Å². The lowest BCUT2D eigenvalue weighted by Crippen LogP contribution is -2.22. The molecule has 5 N–H and O–H groups in total. The van der Waals surface area contributed by atoms with E-state index in [2.05, 4.69) is 9.69 Å². The predicted molar refractivity (Wildman–Crippen MR) is 77.0 cm³/mol. The standard InChI is InChI=1S/C13H11F3N2O2S.H3N/c1-2-17-10-9(18-21-11(10)12(19)20)7-4-3-5-8(6-7)13(14,15)16;/h3-6,17H,2H2,1H3,(H,19,20);1H3. The summed E-state index contributed by atoms with van der Waals surface area (Å²) >= 11 is 0.677. The number of hydrogen-bond acceptors (Lipinski definition) is 5. The molecule has 0 bridgehead atoms. The molecular formula is C13H14F3N3O2S. The molecule has 0 aliphatic heterocycles. The first-order chi connectivity index (χ1) is 9.84. The summed E-state index contributed by atoms with van der Waals surface area (Å²) in [5.74, 6) is -1.42. The Labute approximate surface area is 128 Å². The van der Waals surface area contributed by atoms with Crippen molar-refractivity contribution in [2.75, 3.05) is 11.9 Å². The zero-order valence-electron chi connectivity index (χ0n) is 11.8. The van der Waals surface area contributed by atoms with Crippen molar-refractivity contribution in [1.29, 1.82) is 0 Å². The van der Waals surface area contributed by atoms with Crippen LogP contribution in [-0.2, 0) is 6.18 Å². The number of carbonyl (C=O) groups excluding carboxylic acids is 1. The van der Waals surface area contributed by atoms with E-state index < -0.39 is 17.7 Å². The maximum Gasteiger partial charge on any atom is 0.416 e. The monoisotopic (exact) mass is 333 g/mol. The first kappa shape index (κ1) is 17.9. The van der Waals surface area contributed by atoms with E-state index in [1.165, 1.54) is 12.1 Å². The fourth-order valence-corrected chi connectivity index (χ4v) is 2.52. The Morgan fingerprint density at radius 1 is 1.41 bits per heavy atom. The van der Waals surface area contributed by atoms with Crippen molar-refractivity contribution in [3.63, 3.8) is 0 Å². The van der Waals surface area contributed by atoms with Crippen LogP contribution in [0.15, 0.2) is 24.3 Å². The highest BCUT2D eigenvalue weighted by molar-refractivity contribution is 7.09. The SMILES string of the molecule is CCNc1c(-c2cccc(C(F)(F)F)c2)nsc1C(=O)[O-].[NH4+]. The van der Waals surface area contributed by atoms with Gasteiger partial charge in [0.2, 0.25) is 0 Å². The van der Waals surface area contributed by atoms with Gasteiger partial charge in [-0.2, -0.15) is 17.5 Å². The summed E-state index contributed by atoms with van der Waals surface area (Å²) in [7, 11) is 0. The molecule has 0 aliphatic carbocycles. The van der Waals surface area contributed by atoms with Crippen LogP contribution in [0.2, 0.25) is 0 Å². The van der Waals surface area contributed by atoms with E-state index in [1.54, 1.807) is 6.92 Å². The fourth-order valence-electron chi connectivity index (χ4n) is 1.81. The van der Waals surface area contributed by atoms with Gasteiger partial charge in [0.05, 0.1) is 22.1 Å². The van der Waals surface area contributed by atoms with E-state index in [1.807, 2.05) is 0 Å². The summed E-state index contributed by atoms with van der Waals surface area (Å²) < 4.78 is 42.1. The molecule has 120 valence electrons. The van der Waals surface area contributed by atoms with E-state index in [9.17, 15) is 23.1 Å². The number of hydrogen-bond donors (Lipinski definition) is 2. The third-order valence-corrected chi connectivity index (χ3v) is 3.52. The number of aromatic nitrogens is 1. The molecule has 0 atom stereocenters. The lowest BCUT2D eigenvalue weighted by atomic mass is 10.1. The first-order valence-electron chi connectivity index (χ1n) is 5.97. The minimum atomic E-state index is -4.47. The summed E-state index contributed by atoms with van der Waals surface area (Å²) in [6, 6.07) is 4.59. The van der Waals surface area contributed by atoms with Gasteiger partial charge in [-0.25, -0.2) is 0 Å². The topological polar surface area (TPSA) is 102 Å². The van der Waals surface area contributed by atoms with Crippen molar-refractivity contribution in [2.45, 2.75) is 13.1 Å². The van der Waals surface area contributed by atoms with Gasteiger partial charge in [-0.15, -0.1) is 0 Å². The van der Waals surface area contributed by atoms with E-state index in [0.717, 1.165) is 12.1 Å². The van der Waals surface area contributed by atoms with Gasteiger partial charge in [-0.1, -0.05) is 12.1 Å². The summed E-state index contributed by atoms with van der Waals surface area (Å²) in [5.41, 5.74) is -0.260. The quantitative estimate of drug-likeness (QED) is 0.898. The Morgan fingerprint density at radius 3 is 2.64 bits per heavy atom. The number of anilines is 1. The van der Waals surface area contributed by atoms with Crippen LogP contribution >= 0.6 is 11.5 Å². The molecule has 0 spiro atoms. The molecule has 2 aromatic rings. The van der Waals surface area contributed by atoms with Crippen LogP contribution in [0.3, 0.4) is 0 Å². The molecule has 1 aromatic heterocycles. The third-order valence-electron chi connectivity index (χ3n) is 2.69. The number of halogens is 3. The Kier molecular flexibility index (Phi) is 5.50. The number of quaternary nitrogens is 1. The molecule has 0 saturated carbocycles. The van der Waals surface area contributed by atoms with Gasteiger partial charge in [-0.3, -0.25) is 0 Å². The molecule has 0 unspecified atom stereocenters. The zero-order chi connectivity index (χ0) is 15.6. The lowest BCUT2D eigenvalue weighted by Gasteiger charge is -2.10. The fraction of sp³-hybridized carbons (Fsp3) is 0.231. The molecule has 0 saturated heterocycles. The number of carboxylic acids is 1. The zero-order valence-corrected chi connectivity index (χ0v) is 12.6. The second kappa shape index (κ2) is 6.75. The summed E-state index contributed by atoms with van der Waals surface area (Å²) in [6.45, 7) is 2.15. The molecule has 0 amide bonds. The molecular weight excluding hydrogens is 319 g/mol. The highest BCUT2D eigenvalue weighted by Crippen LogP contribution is 2.36. The van der Waals surface area contributed by atoms with Crippen LogP contribution in [0.25, 0.3) is 11.3 Å². The van der Waals surface area contributed by atoms with Crippen molar-refractivity contribution in [3.05, 3.63) is 34.7 Å². The van der Waals surface area contributed by atoms with Gasteiger partial charge in [0, 0.05) is 12.1 Å². The predicted octanol–water partition coefficient (Wildman–Crippen LogP) is 3.00. The number of alkyl halides is 3. The second-order valence-corrected chi connectivity index (χ2v) is 4.91. The normalized spacial score (nSPS) is 10.9. The Bertz CT molecular complexity index is 671. The Balaban J connectivity index is 0.00000242. The number of aromatic carboxylic acids is 1. The summed E-state index contributed by atoms with van der Waals surface area (Å²) in [6.07, 6.45) is -4.47. The number of rotatable bonds is 4. The first-order valence-corrected chi connectivity index (χ1v) is 6.74. The van der Waals surface area contributed by atoms with E-state index >= 15 is 0 Å². The molecule has 9 heteroatoms. The van der Waals surface area contributed by atoms with Crippen molar-refractivity contribution in [3.8, 4) is 11.3 Å². The minimum absolute atomic E-state index is 0. The summed E-state index contributed by atoms with van der Waals surface area (Å²) in [4.78, 5) is 10.9. The van der Waals surface area contributed by atoms with Gasteiger partial charge in [0.25, 0.3) is 0 Å². The Morgan fingerprint density at radius 2 is 2.09 bits per heavy atom. The minimum Gasteiger partial charge on any atom is -0.544 e. The number of benzene rings is 1. The maximum atomic E-state index is 12.7. The highest BCUT2D eigenvalue weighted by atomic mass is 32.1. The molecule has 1 heterocycles. The summed E-state index contributed by atoms with van der Waals surface area (Å²) in [5, 5.41) is 13.8. The van der Waals surface area contributed by atoms with Crippen molar-refractivity contribution < 1.29 is 23.1 Å². The second-order valence-electron chi connectivity index (χ2n) is 4.13. The molecule has 2 rings (SSSR count). The number of carboxylic acid groups (broad SMARTS) is 1. The van der Waals surface area contributed by atoms with Crippen LogP contribution in [0, 0.1) is 0 Å². The highest BCUT2D eigenvalue weighted by Gasteiger charge is 2.31. The van der Waals surface area contributed by atoms with Crippen molar-refractivity contribution in [1.82, 2.24) is 10.5 Å². The van der Waals surface area contributed by atoms with Crippen LogP contribution < -0.4 is 16.6 Å². The molecule has 22 heavy (non-hydrogen) atoms. The number of nitrogens with zero attached hydrogens (tertiary/aromatic N) is 1. The van der Waals surface area contributed by atoms with Crippen LogP contribution in [0.5, 0.6) is 0 Å².